The molecule has 4 rings (SSSR count). The number of carbonyl (C=O) groups is 3. The van der Waals surface area contributed by atoms with Crippen LogP contribution in [-0.4, -0.2) is 83.7 Å². The van der Waals surface area contributed by atoms with E-state index in [-0.39, 0.29) is 49.1 Å². The van der Waals surface area contributed by atoms with Crippen LogP contribution < -0.4 is 14.8 Å². The monoisotopic (exact) mass is 561 g/mol. The first-order valence-corrected chi connectivity index (χ1v) is 13.4. The first kappa shape index (κ1) is 29.3. The summed E-state index contributed by atoms with van der Waals surface area (Å²) in [4.78, 5) is 52.4. The molecule has 0 radical (unpaired) electrons. The van der Waals surface area contributed by atoms with Gasteiger partial charge in [-0.2, -0.15) is 0 Å². The third-order valence-electron chi connectivity index (χ3n) is 6.65. The number of esters is 1. The summed E-state index contributed by atoms with van der Waals surface area (Å²) in [6, 6.07) is 13.7. The number of nitrogens with one attached hydrogen (secondary N) is 1. The Bertz CT molecular complexity index is 1410. The molecular weight excluding hydrogens is 526 g/mol. The average molecular weight is 562 g/mol. The van der Waals surface area contributed by atoms with Gasteiger partial charge in [0.1, 0.15) is 22.8 Å². The molecule has 11 nitrogen and oxygen atoms in total. The van der Waals surface area contributed by atoms with E-state index in [1.165, 1.54) is 14.2 Å². The SMILES string of the molecule is COc1cc(NC(=O)N2CCN(C(=O)c3nc(-c4ccccc4)nc(C)c3C(=O)OC(C)C)CC2C)cc(OC)c1. The summed E-state index contributed by atoms with van der Waals surface area (Å²) in [5.41, 5.74) is 1.62. The smallest absolute Gasteiger partial charge is 0.342 e. The van der Waals surface area contributed by atoms with Crippen molar-refractivity contribution in [3.05, 3.63) is 65.5 Å². The molecule has 0 saturated carbocycles. The number of carbonyl (C=O) groups excluding carboxylic acids is 3. The molecule has 1 fully saturated rings. The van der Waals surface area contributed by atoms with E-state index >= 15 is 0 Å². The van der Waals surface area contributed by atoms with Gasteiger partial charge in [-0.1, -0.05) is 30.3 Å². The van der Waals surface area contributed by atoms with Crippen molar-refractivity contribution in [2.45, 2.75) is 39.8 Å². The lowest BCUT2D eigenvalue weighted by Gasteiger charge is -2.39. The number of rotatable bonds is 7. The van der Waals surface area contributed by atoms with Crippen molar-refractivity contribution in [3.63, 3.8) is 0 Å². The highest BCUT2D eigenvalue weighted by Gasteiger charge is 2.34. The number of hydrogen-bond acceptors (Lipinski definition) is 8. The predicted molar refractivity (Wildman–Crippen MR) is 153 cm³/mol. The van der Waals surface area contributed by atoms with Crippen LogP contribution in [0, 0.1) is 6.92 Å². The van der Waals surface area contributed by atoms with Crippen molar-refractivity contribution in [3.8, 4) is 22.9 Å². The number of aromatic nitrogens is 2. The molecule has 3 aromatic rings. The molecular formula is C30H35N5O6. The summed E-state index contributed by atoms with van der Waals surface area (Å²) in [6.45, 7) is 7.78. The largest absolute Gasteiger partial charge is 0.497 e. The number of ether oxygens (including phenoxy) is 3. The van der Waals surface area contributed by atoms with Gasteiger partial charge < -0.3 is 29.3 Å². The summed E-state index contributed by atoms with van der Waals surface area (Å²) in [5.74, 6) is 0.357. The molecule has 1 aromatic heterocycles. The second-order valence-corrected chi connectivity index (χ2v) is 10.0. The molecule has 3 amide bonds. The van der Waals surface area contributed by atoms with E-state index in [1.807, 2.05) is 37.3 Å². The Morgan fingerprint density at radius 3 is 2.22 bits per heavy atom. The van der Waals surface area contributed by atoms with Crippen molar-refractivity contribution < 1.29 is 28.6 Å². The van der Waals surface area contributed by atoms with Crippen LogP contribution >= 0.6 is 0 Å². The van der Waals surface area contributed by atoms with Gasteiger partial charge in [-0.05, 0) is 27.7 Å². The van der Waals surface area contributed by atoms with Gasteiger partial charge in [0.05, 0.1) is 26.0 Å². The lowest BCUT2D eigenvalue weighted by atomic mass is 10.1. The van der Waals surface area contributed by atoms with Gasteiger partial charge in [-0.25, -0.2) is 19.6 Å². The fraction of sp³-hybridized carbons (Fsp3) is 0.367. The van der Waals surface area contributed by atoms with Gasteiger partial charge >= 0.3 is 12.0 Å². The van der Waals surface area contributed by atoms with E-state index in [1.54, 1.807) is 48.8 Å². The fourth-order valence-corrected chi connectivity index (χ4v) is 4.63. The average Bonchev–Trinajstić information content (AvgIpc) is 2.95. The summed E-state index contributed by atoms with van der Waals surface area (Å²) >= 11 is 0. The van der Waals surface area contributed by atoms with Crippen LogP contribution in [-0.2, 0) is 4.74 Å². The quantitative estimate of drug-likeness (QED) is 0.421. The summed E-state index contributed by atoms with van der Waals surface area (Å²) in [6.07, 6.45) is -0.384. The minimum Gasteiger partial charge on any atom is -0.497 e. The highest BCUT2D eigenvalue weighted by atomic mass is 16.5. The Morgan fingerprint density at radius 2 is 1.63 bits per heavy atom. The van der Waals surface area contributed by atoms with Gasteiger partial charge in [0.25, 0.3) is 5.91 Å². The topological polar surface area (TPSA) is 123 Å². The number of amides is 3. The maximum Gasteiger partial charge on any atom is 0.342 e. The van der Waals surface area contributed by atoms with Gasteiger partial charge in [0.15, 0.2) is 5.82 Å². The van der Waals surface area contributed by atoms with E-state index in [9.17, 15) is 14.4 Å². The van der Waals surface area contributed by atoms with E-state index in [4.69, 9.17) is 14.2 Å². The number of benzene rings is 2. The number of hydrogen-bond donors (Lipinski definition) is 1. The lowest BCUT2D eigenvalue weighted by Crippen LogP contribution is -2.56. The van der Waals surface area contributed by atoms with E-state index in [0.717, 1.165) is 5.56 Å². The first-order chi connectivity index (χ1) is 19.6. The van der Waals surface area contributed by atoms with Gasteiger partial charge in [-0.3, -0.25) is 4.79 Å². The van der Waals surface area contributed by atoms with Crippen LogP contribution in [0.25, 0.3) is 11.4 Å². The van der Waals surface area contributed by atoms with Crippen LogP contribution in [0.4, 0.5) is 10.5 Å². The van der Waals surface area contributed by atoms with E-state index < -0.39 is 11.9 Å². The molecule has 1 saturated heterocycles. The molecule has 1 unspecified atom stereocenters. The maximum atomic E-state index is 13.9. The molecule has 11 heteroatoms. The number of methoxy groups -OCH3 is 2. The van der Waals surface area contributed by atoms with Crippen molar-refractivity contribution in [2.75, 3.05) is 39.2 Å². The zero-order valence-electron chi connectivity index (χ0n) is 24.1. The Hall–Kier alpha value is -4.67. The van der Waals surface area contributed by atoms with Gasteiger partial charge in [-0.15, -0.1) is 0 Å². The molecule has 0 aliphatic carbocycles. The van der Waals surface area contributed by atoms with Crippen LogP contribution in [0.15, 0.2) is 48.5 Å². The zero-order valence-corrected chi connectivity index (χ0v) is 24.1. The highest BCUT2D eigenvalue weighted by molar-refractivity contribution is 6.05. The number of aryl methyl sites for hydroxylation is 1. The Morgan fingerprint density at radius 1 is 0.976 bits per heavy atom. The molecule has 0 spiro atoms. The normalized spacial score (nSPS) is 15.0. The standard InChI is InChI=1S/C30H35N5O6/c1-18(2)41-29(37)25-20(4)31-27(21-10-8-7-9-11-21)33-26(25)28(36)34-12-13-35(19(3)17-34)30(38)32-22-14-23(39-5)16-24(15-22)40-6/h7-11,14-16,18-19H,12-13,17H2,1-6H3,(H,32,38). The molecule has 41 heavy (non-hydrogen) atoms. The lowest BCUT2D eigenvalue weighted by molar-refractivity contribution is 0.0367. The van der Waals surface area contributed by atoms with Crippen molar-refractivity contribution in [1.82, 2.24) is 19.8 Å². The van der Waals surface area contributed by atoms with E-state index in [0.29, 0.717) is 28.7 Å². The summed E-state index contributed by atoms with van der Waals surface area (Å²) < 4.78 is 16.0. The molecule has 2 heterocycles. The van der Waals surface area contributed by atoms with Gasteiger partial charge in [0.2, 0.25) is 0 Å². The maximum absolute atomic E-state index is 13.9. The Labute approximate surface area is 239 Å². The molecule has 2 aromatic carbocycles. The first-order valence-electron chi connectivity index (χ1n) is 13.4. The van der Waals surface area contributed by atoms with Crippen LogP contribution in [0.3, 0.4) is 0 Å². The fourth-order valence-electron chi connectivity index (χ4n) is 4.63. The highest BCUT2D eigenvalue weighted by Crippen LogP contribution is 2.27. The van der Waals surface area contributed by atoms with Crippen LogP contribution in [0.2, 0.25) is 0 Å². The van der Waals surface area contributed by atoms with Crippen LogP contribution in [0.5, 0.6) is 11.5 Å². The number of urea groups is 1. The van der Waals surface area contributed by atoms with Gasteiger partial charge in [0, 0.05) is 55.1 Å². The van der Waals surface area contributed by atoms with Crippen molar-refractivity contribution in [1.29, 1.82) is 0 Å². The second-order valence-electron chi connectivity index (χ2n) is 10.0. The third kappa shape index (κ3) is 6.74. The van der Waals surface area contributed by atoms with Crippen LogP contribution in [0.1, 0.15) is 47.3 Å². The zero-order chi connectivity index (χ0) is 29.7. The second kappa shape index (κ2) is 12.7. The molecule has 1 aliphatic heterocycles. The predicted octanol–water partition coefficient (Wildman–Crippen LogP) is 4.41. The molecule has 216 valence electrons. The summed E-state index contributed by atoms with van der Waals surface area (Å²) in [5, 5.41) is 2.88. The number of nitrogens with zero attached hydrogens (tertiary/aromatic N) is 4. The Balaban J connectivity index is 1.57. The number of piperazine rings is 1. The molecule has 1 atom stereocenters. The Kier molecular flexibility index (Phi) is 9.06. The minimum atomic E-state index is -0.653. The minimum absolute atomic E-state index is 0.0180. The number of anilines is 1. The summed E-state index contributed by atoms with van der Waals surface area (Å²) in [7, 11) is 3.07. The molecule has 1 aliphatic rings. The third-order valence-corrected chi connectivity index (χ3v) is 6.65. The van der Waals surface area contributed by atoms with Crippen molar-refractivity contribution in [2.24, 2.45) is 0 Å². The molecule has 0 bridgehead atoms. The van der Waals surface area contributed by atoms with Crippen molar-refractivity contribution >= 4 is 23.6 Å². The van der Waals surface area contributed by atoms with E-state index in [2.05, 4.69) is 15.3 Å². The molecule has 1 N–H and O–H groups in total.